The first-order chi connectivity index (χ1) is 7.99. The predicted molar refractivity (Wildman–Crippen MR) is 52.5 cm³/mol. The van der Waals surface area contributed by atoms with Crippen LogP contribution in [0.3, 0.4) is 0 Å². The van der Waals surface area contributed by atoms with E-state index in [1.165, 1.54) is 6.07 Å². The van der Waals surface area contributed by atoms with E-state index in [1.54, 1.807) is 0 Å². The van der Waals surface area contributed by atoms with E-state index in [4.69, 9.17) is 5.26 Å². The SMILES string of the molecule is COC(=O)Cc1cc(=O)c(C#N)c(C(F)F)[nH]1. The van der Waals surface area contributed by atoms with Crippen LogP contribution in [0.25, 0.3) is 0 Å². The highest BCUT2D eigenvalue weighted by Crippen LogP contribution is 2.18. The molecule has 0 atom stereocenters. The molecule has 0 aliphatic heterocycles. The number of pyridine rings is 1. The zero-order valence-electron chi connectivity index (χ0n) is 8.79. The van der Waals surface area contributed by atoms with Gasteiger partial charge in [0.15, 0.2) is 5.43 Å². The van der Waals surface area contributed by atoms with Crippen molar-refractivity contribution < 1.29 is 18.3 Å². The third-order valence-electron chi connectivity index (χ3n) is 2.01. The number of nitriles is 1. The number of carbonyl (C=O) groups excluding carboxylic acids is 1. The van der Waals surface area contributed by atoms with Gasteiger partial charge in [-0.3, -0.25) is 9.59 Å². The van der Waals surface area contributed by atoms with Crippen LogP contribution in [0.15, 0.2) is 10.9 Å². The summed E-state index contributed by atoms with van der Waals surface area (Å²) >= 11 is 0. The largest absolute Gasteiger partial charge is 0.469 e. The summed E-state index contributed by atoms with van der Waals surface area (Å²) in [7, 11) is 1.14. The Morgan fingerprint density at radius 1 is 1.65 bits per heavy atom. The normalized spacial score (nSPS) is 10.1. The number of hydrogen-bond donors (Lipinski definition) is 1. The number of H-pyrrole nitrogens is 1. The lowest BCUT2D eigenvalue weighted by molar-refractivity contribution is -0.139. The van der Waals surface area contributed by atoms with Crippen molar-refractivity contribution in [3.63, 3.8) is 0 Å². The summed E-state index contributed by atoms with van der Waals surface area (Å²) in [6.07, 6.45) is -3.33. The molecule has 0 bridgehead atoms. The molecule has 0 radical (unpaired) electrons. The van der Waals surface area contributed by atoms with Crippen LogP contribution < -0.4 is 5.43 Å². The quantitative estimate of drug-likeness (QED) is 0.798. The molecule has 0 saturated carbocycles. The number of nitrogens with zero attached hydrogens (tertiary/aromatic N) is 1. The van der Waals surface area contributed by atoms with Crippen molar-refractivity contribution in [1.29, 1.82) is 5.26 Å². The molecule has 0 spiro atoms. The number of ether oxygens (including phenoxy) is 1. The molecule has 1 aromatic rings. The van der Waals surface area contributed by atoms with Crippen molar-refractivity contribution in [3.8, 4) is 6.07 Å². The van der Waals surface area contributed by atoms with Crippen molar-refractivity contribution in [1.82, 2.24) is 4.98 Å². The van der Waals surface area contributed by atoms with Crippen LogP contribution in [-0.2, 0) is 16.0 Å². The Labute approximate surface area is 94.6 Å². The van der Waals surface area contributed by atoms with Crippen LogP contribution >= 0.6 is 0 Å². The zero-order chi connectivity index (χ0) is 13.0. The molecule has 7 heteroatoms. The maximum Gasteiger partial charge on any atom is 0.311 e. The van der Waals surface area contributed by atoms with Crippen molar-refractivity contribution in [2.24, 2.45) is 0 Å². The predicted octanol–water partition coefficient (Wildman–Crippen LogP) is 0.900. The molecule has 1 rings (SSSR count). The molecule has 1 heterocycles. The first-order valence-electron chi connectivity index (χ1n) is 4.50. The highest BCUT2D eigenvalue weighted by molar-refractivity contribution is 5.71. The van der Waals surface area contributed by atoms with E-state index in [0.29, 0.717) is 0 Å². The fourth-order valence-corrected chi connectivity index (χ4v) is 1.24. The number of alkyl halides is 2. The molecule has 1 N–H and O–H groups in total. The van der Waals surface area contributed by atoms with Gasteiger partial charge in [-0.25, -0.2) is 8.78 Å². The van der Waals surface area contributed by atoms with E-state index >= 15 is 0 Å². The van der Waals surface area contributed by atoms with Gasteiger partial charge < -0.3 is 9.72 Å². The number of halogens is 2. The van der Waals surface area contributed by atoms with Crippen LogP contribution in [0.1, 0.15) is 23.4 Å². The molecule has 90 valence electrons. The summed E-state index contributed by atoms with van der Waals surface area (Å²) < 4.78 is 29.5. The lowest BCUT2D eigenvalue weighted by Gasteiger charge is -2.06. The summed E-state index contributed by atoms with van der Waals surface area (Å²) in [6.45, 7) is 0. The fourth-order valence-electron chi connectivity index (χ4n) is 1.24. The Morgan fingerprint density at radius 2 is 2.29 bits per heavy atom. The summed E-state index contributed by atoms with van der Waals surface area (Å²) in [5, 5.41) is 8.57. The maximum absolute atomic E-state index is 12.6. The number of aromatic nitrogens is 1. The molecule has 0 unspecified atom stereocenters. The Kier molecular flexibility index (Phi) is 3.93. The third-order valence-corrected chi connectivity index (χ3v) is 2.01. The monoisotopic (exact) mass is 242 g/mol. The van der Waals surface area contributed by atoms with Crippen molar-refractivity contribution in [2.75, 3.05) is 7.11 Å². The molecule has 17 heavy (non-hydrogen) atoms. The second-order valence-corrected chi connectivity index (χ2v) is 3.11. The minimum absolute atomic E-state index is 0.0175. The third kappa shape index (κ3) is 2.87. The van der Waals surface area contributed by atoms with Gasteiger partial charge in [0.25, 0.3) is 6.43 Å². The molecule has 0 aromatic carbocycles. The standard InChI is InChI=1S/C10H8F2N2O3/c1-17-8(16)3-5-2-7(15)6(4-13)9(14-5)10(11)12/h2,10H,3H2,1H3,(H,14,15). The van der Waals surface area contributed by atoms with Crippen molar-refractivity contribution >= 4 is 5.97 Å². The van der Waals surface area contributed by atoms with Gasteiger partial charge in [-0.2, -0.15) is 5.26 Å². The molecule has 0 aliphatic carbocycles. The smallest absolute Gasteiger partial charge is 0.311 e. The Hall–Kier alpha value is -2.23. The second kappa shape index (κ2) is 5.21. The summed E-state index contributed by atoms with van der Waals surface area (Å²) in [5.41, 5.74) is -2.29. The van der Waals surface area contributed by atoms with E-state index in [2.05, 4.69) is 9.72 Å². The van der Waals surface area contributed by atoms with E-state index < -0.39 is 29.1 Å². The highest BCUT2D eigenvalue weighted by atomic mass is 19.3. The number of hydrogen-bond acceptors (Lipinski definition) is 4. The van der Waals surface area contributed by atoms with Gasteiger partial charge >= 0.3 is 5.97 Å². The number of esters is 1. The lowest BCUT2D eigenvalue weighted by atomic mass is 10.1. The van der Waals surface area contributed by atoms with Crippen LogP contribution in [0.4, 0.5) is 8.78 Å². The van der Waals surface area contributed by atoms with Gasteiger partial charge in [0.05, 0.1) is 13.5 Å². The average molecular weight is 242 g/mol. The van der Waals surface area contributed by atoms with Crippen molar-refractivity contribution in [2.45, 2.75) is 12.8 Å². The van der Waals surface area contributed by atoms with E-state index in [0.717, 1.165) is 13.2 Å². The summed E-state index contributed by atoms with van der Waals surface area (Å²) in [4.78, 5) is 24.5. The summed E-state index contributed by atoms with van der Waals surface area (Å²) in [6, 6.07) is 2.33. The van der Waals surface area contributed by atoms with E-state index in [9.17, 15) is 18.4 Å². The van der Waals surface area contributed by atoms with E-state index in [-0.39, 0.29) is 12.1 Å². The minimum atomic E-state index is -2.99. The van der Waals surface area contributed by atoms with Crippen molar-refractivity contribution in [3.05, 3.63) is 33.2 Å². The van der Waals surface area contributed by atoms with Crippen LogP contribution in [-0.4, -0.2) is 18.1 Å². The lowest BCUT2D eigenvalue weighted by Crippen LogP contribution is -2.16. The number of carbonyl (C=O) groups is 1. The molecule has 5 nitrogen and oxygen atoms in total. The van der Waals surface area contributed by atoms with Gasteiger partial charge in [0.1, 0.15) is 17.3 Å². The Balaban J connectivity index is 3.26. The molecule has 1 aromatic heterocycles. The topological polar surface area (TPSA) is 82.9 Å². The van der Waals surface area contributed by atoms with Gasteiger partial charge in [-0.05, 0) is 0 Å². The molecule has 0 amide bonds. The zero-order valence-corrected chi connectivity index (χ0v) is 8.79. The number of methoxy groups -OCH3 is 1. The van der Waals surface area contributed by atoms with Gasteiger partial charge in [-0.1, -0.05) is 0 Å². The van der Waals surface area contributed by atoms with Crippen LogP contribution in [0.2, 0.25) is 0 Å². The number of nitrogens with one attached hydrogen (secondary N) is 1. The average Bonchev–Trinajstić information content (AvgIpc) is 2.28. The fraction of sp³-hybridized carbons (Fsp3) is 0.300. The van der Waals surface area contributed by atoms with Crippen LogP contribution in [0, 0.1) is 11.3 Å². The molecule has 0 saturated heterocycles. The van der Waals surface area contributed by atoms with Crippen LogP contribution in [0.5, 0.6) is 0 Å². The maximum atomic E-state index is 12.6. The molecule has 0 fully saturated rings. The van der Waals surface area contributed by atoms with E-state index in [1.807, 2.05) is 0 Å². The second-order valence-electron chi connectivity index (χ2n) is 3.11. The number of rotatable bonds is 3. The number of aromatic amines is 1. The summed E-state index contributed by atoms with van der Waals surface area (Å²) in [5.74, 6) is -0.675. The highest BCUT2D eigenvalue weighted by Gasteiger charge is 2.18. The molecular weight excluding hydrogens is 234 g/mol. The molecular formula is C10H8F2N2O3. The Bertz CT molecular complexity index is 531. The Morgan fingerprint density at radius 3 is 2.76 bits per heavy atom. The first kappa shape index (κ1) is 12.8. The van der Waals surface area contributed by atoms with Gasteiger partial charge in [0, 0.05) is 11.8 Å². The molecule has 0 aliphatic rings. The van der Waals surface area contributed by atoms with Gasteiger partial charge in [-0.15, -0.1) is 0 Å². The first-order valence-corrected chi connectivity index (χ1v) is 4.50. The minimum Gasteiger partial charge on any atom is -0.469 e. The van der Waals surface area contributed by atoms with Gasteiger partial charge in [0.2, 0.25) is 0 Å².